The Kier molecular flexibility index (Phi) is 7.62. The molecular weight excluding hydrogens is 244 g/mol. The lowest BCUT2D eigenvalue weighted by atomic mass is 10.1. The van der Waals surface area contributed by atoms with E-state index in [2.05, 4.69) is 10.6 Å². The summed E-state index contributed by atoms with van der Waals surface area (Å²) in [5, 5.41) is 6.03. The smallest absolute Gasteiger partial charge is 0.224 e. The second-order valence-electron chi connectivity index (χ2n) is 4.12. The molecular formula is C14H22N2O3. The highest BCUT2D eigenvalue weighted by molar-refractivity contribution is 5.78. The Labute approximate surface area is 114 Å². The molecule has 0 aliphatic rings. The van der Waals surface area contributed by atoms with Crippen LogP contribution in [0.3, 0.4) is 0 Å². The number of methoxy groups -OCH3 is 2. The van der Waals surface area contributed by atoms with Gasteiger partial charge in [-0.3, -0.25) is 4.79 Å². The molecule has 19 heavy (non-hydrogen) atoms. The van der Waals surface area contributed by atoms with E-state index < -0.39 is 0 Å². The molecule has 1 amide bonds. The van der Waals surface area contributed by atoms with Gasteiger partial charge in [-0.15, -0.1) is 0 Å². The molecule has 0 radical (unpaired) electrons. The van der Waals surface area contributed by atoms with Gasteiger partial charge in [-0.2, -0.15) is 0 Å². The highest BCUT2D eigenvalue weighted by Gasteiger charge is 2.02. The molecule has 1 aromatic rings. The van der Waals surface area contributed by atoms with Crippen molar-refractivity contribution in [2.45, 2.75) is 6.42 Å². The molecule has 0 saturated carbocycles. The summed E-state index contributed by atoms with van der Waals surface area (Å²) in [6.45, 7) is 2.85. The SMILES string of the molecule is COCCNCCNC(=O)Cc1ccc(OC)cc1. The van der Waals surface area contributed by atoms with E-state index in [9.17, 15) is 4.79 Å². The van der Waals surface area contributed by atoms with E-state index in [4.69, 9.17) is 9.47 Å². The van der Waals surface area contributed by atoms with Crippen LogP contribution >= 0.6 is 0 Å². The van der Waals surface area contributed by atoms with Gasteiger partial charge in [0.1, 0.15) is 5.75 Å². The molecule has 0 aliphatic heterocycles. The Balaban J connectivity index is 2.16. The predicted molar refractivity (Wildman–Crippen MR) is 74.5 cm³/mol. The zero-order valence-electron chi connectivity index (χ0n) is 11.6. The molecule has 5 heteroatoms. The van der Waals surface area contributed by atoms with Gasteiger partial charge in [0, 0.05) is 26.7 Å². The van der Waals surface area contributed by atoms with E-state index in [0.29, 0.717) is 19.6 Å². The van der Waals surface area contributed by atoms with Gasteiger partial charge < -0.3 is 20.1 Å². The Bertz CT molecular complexity index is 365. The van der Waals surface area contributed by atoms with E-state index in [-0.39, 0.29) is 5.91 Å². The van der Waals surface area contributed by atoms with Crippen molar-refractivity contribution in [3.8, 4) is 5.75 Å². The average molecular weight is 266 g/mol. The number of carbonyl (C=O) groups excluding carboxylic acids is 1. The van der Waals surface area contributed by atoms with Crippen molar-refractivity contribution in [3.63, 3.8) is 0 Å². The number of nitrogens with one attached hydrogen (secondary N) is 2. The number of ether oxygens (including phenoxy) is 2. The summed E-state index contributed by atoms with van der Waals surface area (Å²) in [7, 11) is 3.29. The van der Waals surface area contributed by atoms with Crippen molar-refractivity contribution >= 4 is 5.91 Å². The van der Waals surface area contributed by atoms with Crippen LogP contribution in [0.4, 0.5) is 0 Å². The molecule has 1 rings (SSSR count). The van der Waals surface area contributed by atoms with E-state index in [1.165, 1.54) is 0 Å². The summed E-state index contributed by atoms with van der Waals surface area (Å²) >= 11 is 0. The first kappa shape index (κ1) is 15.5. The molecule has 0 saturated heterocycles. The zero-order valence-corrected chi connectivity index (χ0v) is 11.6. The minimum Gasteiger partial charge on any atom is -0.497 e. The number of benzene rings is 1. The van der Waals surface area contributed by atoms with Crippen molar-refractivity contribution < 1.29 is 14.3 Å². The molecule has 0 aromatic heterocycles. The van der Waals surface area contributed by atoms with Crippen LogP contribution in [-0.2, 0) is 16.0 Å². The van der Waals surface area contributed by atoms with Crippen LogP contribution in [0, 0.1) is 0 Å². The van der Waals surface area contributed by atoms with Gasteiger partial charge in [-0.05, 0) is 17.7 Å². The Morgan fingerprint density at radius 3 is 2.47 bits per heavy atom. The average Bonchev–Trinajstić information content (AvgIpc) is 2.43. The monoisotopic (exact) mass is 266 g/mol. The quantitative estimate of drug-likeness (QED) is 0.642. The third kappa shape index (κ3) is 6.79. The maximum atomic E-state index is 11.7. The summed E-state index contributed by atoms with van der Waals surface area (Å²) in [4.78, 5) is 11.7. The minimum atomic E-state index is 0.0266. The van der Waals surface area contributed by atoms with Gasteiger partial charge in [0.25, 0.3) is 0 Å². The Morgan fingerprint density at radius 2 is 1.84 bits per heavy atom. The van der Waals surface area contributed by atoms with Crippen LogP contribution in [0.5, 0.6) is 5.75 Å². The lowest BCUT2D eigenvalue weighted by molar-refractivity contribution is -0.120. The van der Waals surface area contributed by atoms with Gasteiger partial charge in [0.2, 0.25) is 5.91 Å². The Morgan fingerprint density at radius 1 is 1.11 bits per heavy atom. The van der Waals surface area contributed by atoms with Crippen molar-refractivity contribution in [3.05, 3.63) is 29.8 Å². The first-order chi connectivity index (χ1) is 9.26. The molecule has 0 heterocycles. The van der Waals surface area contributed by atoms with Crippen LogP contribution in [0.1, 0.15) is 5.56 Å². The minimum absolute atomic E-state index is 0.0266. The van der Waals surface area contributed by atoms with Crippen LogP contribution in [0.15, 0.2) is 24.3 Å². The van der Waals surface area contributed by atoms with E-state index in [1.807, 2.05) is 24.3 Å². The topological polar surface area (TPSA) is 59.6 Å². The molecule has 106 valence electrons. The molecule has 0 fully saturated rings. The standard InChI is InChI=1S/C14H22N2O3/c1-18-10-9-15-7-8-16-14(17)11-12-3-5-13(19-2)6-4-12/h3-6,15H,7-11H2,1-2H3,(H,16,17). The number of amides is 1. The number of rotatable bonds is 9. The van der Waals surface area contributed by atoms with Crippen LogP contribution < -0.4 is 15.4 Å². The van der Waals surface area contributed by atoms with Gasteiger partial charge >= 0.3 is 0 Å². The van der Waals surface area contributed by atoms with Crippen LogP contribution in [-0.4, -0.2) is 46.4 Å². The lowest BCUT2D eigenvalue weighted by Crippen LogP contribution is -2.33. The highest BCUT2D eigenvalue weighted by atomic mass is 16.5. The molecule has 5 nitrogen and oxygen atoms in total. The lowest BCUT2D eigenvalue weighted by Gasteiger charge is -2.07. The van der Waals surface area contributed by atoms with Crippen molar-refractivity contribution in [1.82, 2.24) is 10.6 Å². The summed E-state index contributed by atoms with van der Waals surface area (Å²) < 4.78 is 9.97. The van der Waals surface area contributed by atoms with E-state index in [1.54, 1.807) is 14.2 Å². The fraction of sp³-hybridized carbons (Fsp3) is 0.500. The third-order valence-electron chi connectivity index (χ3n) is 2.63. The fourth-order valence-electron chi connectivity index (χ4n) is 1.58. The van der Waals surface area contributed by atoms with E-state index >= 15 is 0 Å². The first-order valence-electron chi connectivity index (χ1n) is 6.35. The molecule has 0 atom stereocenters. The maximum absolute atomic E-state index is 11.7. The van der Waals surface area contributed by atoms with Gasteiger partial charge in [-0.1, -0.05) is 12.1 Å². The highest BCUT2D eigenvalue weighted by Crippen LogP contribution is 2.11. The third-order valence-corrected chi connectivity index (χ3v) is 2.63. The fourth-order valence-corrected chi connectivity index (χ4v) is 1.58. The zero-order chi connectivity index (χ0) is 13.9. The van der Waals surface area contributed by atoms with Crippen molar-refractivity contribution in [2.75, 3.05) is 40.5 Å². The predicted octanol–water partition coefficient (Wildman–Crippen LogP) is 0.590. The summed E-state index contributed by atoms with van der Waals surface area (Å²) in [5.41, 5.74) is 0.977. The van der Waals surface area contributed by atoms with Gasteiger partial charge in [0.05, 0.1) is 20.1 Å². The van der Waals surface area contributed by atoms with Gasteiger partial charge in [0.15, 0.2) is 0 Å². The van der Waals surface area contributed by atoms with Crippen LogP contribution in [0.25, 0.3) is 0 Å². The molecule has 0 bridgehead atoms. The molecule has 0 unspecified atom stereocenters. The summed E-state index contributed by atoms with van der Waals surface area (Å²) in [6, 6.07) is 7.51. The van der Waals surface area contributed by atoms with Crippen molar-refractivity contribution in [2.24, 2.45) is 0 Å². The largest absolute Gasteiger partial charge is 0.497 e. The molecule has 0 aliphatic carbocycles. The second-order valence-corrected chi connectivity index (χ2v) is 4.12. The van der Waals surface area contributed by atoms with Gasteiger partial charge in [-0.25, -0.2) is 0 Å². The first-order valence-corrected chi connectivity index (χ1v) is 6.35. The Hall–Kier alpha value is -1.59. The molecule has 0 spiro atoms. The van der Waals surface area contributed by atoms with E-state index in [0.717, 1.165) is 24.4 Å². The van der Waals surface area contributed by atoms with Crippen LogP contribution in [0.2, 0.25) is 0 Å². The molecule has 2 N–H and O–H groups in total. The molecule has 1 aromatic carbocycles. The normalized spacial score (nSPS) is 10.2. The summed E-state index contributed by atoms with van der Waals surface area (Å²) in [6.07, 6.45) is 0.391. The number of carbonyl (C=O) groups is 1. The number of hydrogen-bond acceptors (Lipinski definition) is 4. The number of hydrogen-bond donors (Lipinski definition) is 2. The van der Waals surface area contributed by atoms with Crippen molar-refractivity contribution in [1.29, 1.82) is 0 Å². The summed E-state index contributed by atoms with van der Waals surface area (Å²) in [5.74, 6) is 0.824. The maximum Gasteiger partial charge on any atom is 0.224 e. The second kappa shape index (κ2) is 9.35.